The zero-order chi connectivity index (χ0) is 17.7. The standard InChI is InChI=1S/C19H25N5O2/c1-2-5-20-17(4-1)12-24-8-9-25-15-19(14-24)10-16(13-26-19)11-23-18-21-6-3-7-22-18/h1-7,16H,8-15H2,(H,21,22,23)/t16-,19+/m0/s1. The Balaban J connectivity index is 1.34. The van der Waals surface area contributed by atoms with E-state index in [0.717, 1.165) is 51.5 Å². The molecule has 0 aromatic carbocycles. The van der Waals surface area contributed by atoms with Gasteiger partial charge in [-0.25, -0.2) is 9.97 Å². The van der Waals surface area contributed by atoms with Gasteiger partial charge in [0.25, 0.3) is 0 Å². The average Bonchev–Trinajstić information content (AvgIpc) is 2.97. The molecule has 2 saturated heterocycles. The number of ether oxygens (including phenoxy) is 2. The smallest absolute Gasteiger partial charge is 0.222 e. The van der Waals surface area contributed by atoms with E-state index in [-0.39, 0.29) is 5.60 Å². The minimum absolute atomic E-state index is 0.227. The lowest BCUT2D eigenvalue weighted by atomic mass is 9.94. The summed E-state index contributed by atoms with van der Waals surface area (Å²) in [7, 11) is 0. The van der Waals surface area contributed by atoms with Crippen LogP contribution in [0.4, 0.5) is 5.95 Å². The first kappa shape index (κ1) is 17.3. The van der Waals surface area contributed by atoms with Gasteiger partial charge in [0.15, 0.2) is 0 Å². The van der Waals surface area contributed by atoms with Crippen LogP contribution in [0.1, 0.15) is 12.1 Å². The molecule has 7 nitrogen and oxygen atoms in total. The number of nitrogens with zero attached hydrogens (tertiary/aromatic N) is 4. The van der Waals surface area contributed by atoms with E-state index >= 15 is 0 Å². The van der Waals surface area contributed by atoms with Crippen molar-refractivity contribution in [1.82, 2.24) is 19.9 Å². The Morgan fingerprint density at radius 3 is 2.88 bits per heavy atom. The fourth-order valence-corrected chi connectivity index (χ4v) is 3.75. The van der Waals surface area contributed by atoms with Gasteiger partial charge in [0, 0.05) is 50.7 Å². The molecule has 2 atom stereocenters. The van der Waals surface area contributed by atoms with Crippen LogP contribution in [0, 0.1) is 5.92 Å². The fraction of sp³-hybridized carbons (Fsp3) is 0.526. The summed E-state index contributed by atoms with van der Waals surface area (Å²) in [5, 5.41) is 3.31. The molecule has 0 unspecified atom stereocenters. The number of anilines is 1. The van der Waals surface area contributed by atoms with Crippen molar-refractivity contribution in [3.63, 3.8) is 0 Å². The Morgan fingerprint density at radius 2 is 2.04 bits per heavy atom. The molecule has 0 radical (unpaired) electrons. The van der Waals surface area contributed by atoms with Crippen molar-refractivity contribution in [1.29, 1.82) is 0 Å². The largest absolute Gasteiger partial charge is 0.377 e. The quantitative estimate of drug-likeness (QED) is 0.873. The topological polar surface area (TPSA) is 72.4 Å². The highest BCUT2D eigenvalue weighted by molar-refractivity contribution is 5.22. The van der Waals surface area contributed by atoms with Gasteiger partial charge in [-0.1, -0.05) is 6.07 Å². The zero-order valence-electron chi connectivity index (χ0n) is 14.9. The molecule has 2 fully saturated rings. The van der Waals surface area contributed by atoms with E-state index in [1.165, 1.54) is 0 Å². The summed E-state index contributed by atoms with van der Waals surface area (Å²) < 4.78 is 12.1. The van der Waals surface area contributed by atoms with Crippen molar-refractivity contribution in [3.8, 4) is 0 Å². The van der Waals surface area contributed by atoms with E-state index in [9.17, 15) is 0 Å². The Labute approximate surface area is 153 Å². The first-order valence-electron chi connectivity index (χ1n) is 9.16. The Bertz CT molecular complexity index is 687. The number of pyridine rings is 1. The van der Waals surface area contributed by atoms with Gasteiger partial charge in [-0.3, -0.25) is 9.88 Å². The van der Waals surface area contributed by atoms with Crippen LogP contribution in [0.3, 0.4) is 0 Å². The number of nitrogens with one attached hydrogen (secondary N) is 1. The normalized spacial score (nSPS) is 26.7. The lowest BCUT2D eigenvalue weighted by Gasteiger charge is -2.31. The first-order chi connectivity index (χ1) is 12.8. The van der Waals surface area contributed by atoms with E-state index in [2.05, 4.69) is 31.2 Å². The monoisotopic (exact) mass is 355 g/mol. The predicted octanol–water partition coefficient (Wildman–Crippen LogP) is 1.59. The van der Waals surface area contributed by atoms with Crippen molar-refractivity contribution in [2.45, 2.75) is 18.6 Å². The molecule has 4 heterocycles. The summed E-state index contributed by atoms with van der Waals surface area (Å²) in [6.45, 7) is 5.55. The van der Waals surface area contributed by atoms with Crippen LogP contribution in [0.25, 0.3) is 0 Å². The maximum atomic E-state index is 6.26. The van der Waals surface area contributed by atoms with Gasteiger partial charge >= 0.3 is 0 Å². The van der Waals surface area contributed by atoms with Crippen molar-refractivity contribution in [2.75, 3.05) is 44.8 Å². The van der Waals surface area contributed by atoms with E-state index in [4.69, 9.17) is 9.47 Å². The molecule has 0 amide bonds. The van der Waals surface area contributed by atoms with Gasteiger partial charge in [-0.05, 0) is 24.6 Å². The van der Waals surface area contributed by atoms with Crippen molar-refractivity contribution in [3.05, 3.63) is 48.5 Å². The van der Waals surface area contributed by atoms with E-state index in [0.29, 0.717) is 18.5 Å². The first-order valence-corrected chi connectivity index (χ1v) is 9.16. The van der Waals surface area contributed by atoms with Crippen LogP contribution < -0.4 is 5.32 Å². The van der Waals surface area contributed by atoms with Gasteiger partial charge in [0.05, 0.1) is 25.5 Å². The lowest BCUT2D eigenvalue weighted by molar-refractivity contribution is -0.0563. The van der Waals surface area contributed by atoms with Gasteiger partial charge in [-0.2, -0.15) is 0 Å². The van der Waals surface area contributed by atoms with Gasteiger partial charge < -0.3 is 14.8 Å². The molecule has 2 aliphatic rings. The van der Waals surface area contributed by atoms with Crippen LogP contribution in [0.2, 0.25) is 0 Å². The van der Waals surface area contributed by atoms with Gasteiger partial charge in [0.2, 0.25) is 5.95 Å². The highest BCUT2D eigenvalue weighted by Crippen LogP contribution is 2.33. The molecule has 1 N–H and O–H groups in total. The van der Waals surface area contributed by atoms with E-state index < -0.39 is 0 Å². The second-order valence-electron chi connectivity index (χ2n) is 7.10. The summed E-state index contributed by atoms with van der Waals surface area (Å²) in [4.78, 5) is 15.3. The summed E-state index contributed by atoms with van der Waals surface area (Å²) in [5.74, 6) is 1.10. The Hall–Kier alpha value is -2.09. The van der Waals surface area contributed by atoms with Crippen LogP contribution in [0.5, 0.6) is 0 Å². The van der Waals surface area contributed by atoms with Gasteiger partial charge in [0.1, 0.15) is 5.60 Å². The van der Waals surface area contributed by atoms with E-state index in [1.807, 2.05) is 24.4 Å². The minimum Gasteiger partial charge on any atom is -0.377 e. The second-order valence-corrected chi connectivity index (χ2v) is 7.10. The molecule has 0 saturated carbocycles. The number of rotatable bonds is 5. The maximum Gasteiger partial charge on any atom is 0.222 e. The van der Waals surface area contributed by atoms with Crippen LogP contribution >= 0.6 is 0 Å². The molecule has 7 heteroatoms. The molecule has 1 spiro atoms. The molecule has 26 heavy (non-hydrogen) atoms. The number of hydrogen-bond acceptors (Lipinski definition) is 7. The summed E-state index contributed by atoms with van der Waals surface area (Å²) in [6, 6.07) is 7.87. The van der Waals surface area contributed by atoms with Crippen molar-refractivity contribution < 1.29 is 9.47 Å². The van der Waals surface area contributed by atoms with Crippen LogP contribution in [-0.4, -0.2) is 64.9 Å². The molecule has 2 aromatic heterocycles. The number of hydrogen-bond donors (Lipinski definition) is 1. The average molecular weight is 355 g/mol. The van der Waals surface area contributed by atoms with Crippen LogP contribution in [-0.2, 0) is 16.0 Å². The third-order valence-corrected chi connectivity index (χ3v) is 4.94. The van der Waals surface area contributed by atoms with Crippen LogP contribution in [0.15, 0.2) is 42.9 Å². The summed E-state index contributed by atoms with van der Waals surface area (Å²) in [5.41, 5.74) is 0.858. The predicted molar refractivity (Wildman–Crippen MR) is 97.6 cm³/mol. The SMILES string of the molecule is c1ccc(CN2CCOC[C@@]3(C[C@@H](CNc4ncccn4)CO3)C2)nc1. The third-order valence-electron chi connectivity index (χ3n) is 4.94. The zero-order valence-corrected chi connectivity index (χ0v) is 14.9. The van der Waals surface area contributed by atoms with Crippen molar-refractivity contribution >= 4 is 5.95 Å². The molecule has 2 aliphatic heterocycles. The highest BCUT2D eigenvalue weighted by Gasteiger charge is 2.43. The van der Waals surface area contributed by atoms with Crippen molar-refractivity contribution in [2.24, 2.45) is 5.92 Å². The second kappa shape index (κ2) is 8.07. The van der Waals surface area contributed by atoms with E-state index in [1.54, 1.807) is 12.4 Å². The molecule has 4 rings (SSSR count). The summed E-state index contributed by atoms with van der Waals surface area (Å²) in [6.07, 6.45) is 6.32. The summed E-state index contributed by atoms with van der Waals surface area (Å²) >= 11 is 0. The lowest BCUT2D eigenvalue weighted by Crippen LogP contribution is -2.44. The number of aromatic nitrogens is 3. The molecular weight excluding hydrogens is 330 g/mol. The third kappa shape index (κ3) is 4.35. The maximum absolute atomic E-state index is 6.26. The van der Waals surface area contributed by atoms with Gasteiger partial charge in [-0.15, -0.1) is 0 Å². The molecule has 0 bridgehead atoms. The fourth-order valence-electron chi connectivity index (χ4n) is 3.75. The molecular formula is C19H25N5O2. The minimum atomic E-state index is -0.227. The molecule has 138 valence electrons. The Morgan fingerprint density at radius 1 is 1.15 bits per heavy atom. The Kier molecular flexibility index (Phi) is 5.38. The molecule has 2 aromatic rings. The molecule has 0 aliphatic carbocycles. The highest BCUT2D eigenvalue weighted by atomic mass is 16.5.